The molecule has 0 saturated carbocycles. The van der Waals surface area contributed by atoms with Gasteiger partial charge >= 0.3 is 6.18 Å². The summed E-state index contributed by atoms with van der Waals surface area (Å²) in [7, 11) is 0. The highest BCUT2D eigenvalue weighted by Gasteiger charge is 2.36. The second-order valence-electron chi connectivity index (χ2n) is 5.84. The van der Waals surface area contributed by atoms with Gasteiger partial charge in [0, 0.05) is 6.42 Å². The predicted octanol–water partition coefficient (Wildman–Crippen LogP) is 3.54. The Morgan fingerprint density at radius 2 is 1.68 bits per heavy atom. The second kappa shape index (κ2) is 7.95. The van der Waals surface area contributed by atoms with Crippen molar-refractivity contribution in [3.63, 3.8) is 0 Å². The van der Waals surface area contributed by atoms with E-state index in [0.717, 1.165) is 0 Å². The Hall–Kier alpha value is -3.62. The summed E-state index contributed by atoms with van der Waals surface area (Å²) in [5.74, 6) is -0.796. The normalized spacial score (nSPS) is 12.0. The fourth-order valence-electron chi connectivity index (χ4n) is 2.48. The summed E-state index contributed by atoms with van der Waals surface area (Å²) in [6.07, 6.45) is -5.30. The summed E-state index contributed by atoms with van der Waals surface area (Å²) < 4.78 is 41.4. The van der Waals surface area contributed by atoms with E-state index in [1.54, 1.807) is 60.7 Å². The molecule has 28 heavy (non-hydrogen) atoms. The van der Waals surface area contributed by atoms with Crippen LogP contribution in [0.3, 0.4) is 0 Å². The Morgan fingerprint density at radius 3 is 2.25 bits per heavy atom. The molecule has 1 heterocycles. The molecule has 0 radical (unpaired) electrons. The second-order valence-corrected chi connectivity index (χ2v) is 5.84. The van der Waals surface area contributed by atoms with Gasteiger partial charge in [-0.3, -0.25) is 10.2 Å². The first-order chi connectivity index (χ1) is 13.3. The Labute approximate surface area is 158 Å². The molecule has 3 rings (SSSR count). The van der Waals surface area contributed by atoms with E-state index in [4.69, 9.17) is 5.73 Å². The van der Waals surface area contributed by atoms with Crippen LogP contribution in [-0.4, -0.2) is 27.6 Å². The van der Waals surface area contributed by atoms with Crippen molar-refractivity contribution in [2.75, 3.05) is 5.43 Å². The molecule has 6 nitrogen and oxygen atoms in total. The molecule has 144 valence electrons. The van der Waals surface area contributed by atoms with Crippen molar-refractivity contribution < 1.29 is 18.0 Å². The number of hydrogen-bond donors (Lipinski definition) is 2. The zero-order chi connectivity index (χ0) is 20.1. The van der Waals surface area contributed by atoms with Gasteiger partial charge in [0.15, 0.2) is 0 Å². The van der Waals surface area contributed by atoms with Crippen molar-refractivity contribution in [1.29, 1.82) is 0 Å². The lowest BCUT2D eigenvalue weighted by molar-refractivity contribution is -0.0602. The quantitative estimate of drug-likeness (QED) is 0.501. The number of anilines is 1. The van der Waals surface area contributed by atoms with Crippen LogP contribution in [0.4, 0.5) is 18.9 Å². The van der Waals surface area contributed by atoms with E-state index in [1.807, 2.05) is 0 Å². The van der Waals surface area contributed by atoms with Gasteiger partial charge in [-0.25, -0.2) is 4.68 Å². The van der Waals surface area contributed by atoms with Crippen molar-refractivity contribution in [3.8, 4) is 5.69 Å². The van der Waals surface area contributed by atoms with E-state index in [9.17, 15) is 18.0 Å². The molecular formula is C19H16F3N5O. The largest absolute Gasteiger partial charge is 0.431 e. The summed E-state index contributed by atoms with van der Waals surface area (Å²) in [4.78, 5) is 11.7. The number of nitrogens with two attached hydrogens (primary N) is 1. The molecule has 0 spiro atoms. The molecular weight excluding hydrogens is 371 g/mol. The highest BCUT2D eigenvalue weighted by atomic mass is 19.4. The Kier molecular flexibility index (Phi) is 5.44. The number of hydrazone groups is 1. The van der Waals surface area contributed by atoms with Gasteiger partial charge in [0.2, 0.25) is 0 Å². The molecule has 0 fully saturated rings. The van der Waals surface area contributed by atoms with Gasteiger partial charge in [-0.2, -0.15) is 23.4 Å². The number of aromatic nitrogens is 2. The molecule has 0 aliphatic carbocycles. The lowest BCUT2D eigenvalue weighted by Gasteiger charge is -2.10. The zero-order valence-electron chi connectivity index (χ0n) is 14.5. The topological polar surface area (TPSA) is 85.3 Å². The van der Waals surface area contributed by atoms with Crippen molar-refractivity contribution >= 4 is 17.3 Å². The number of carbonyl (C=O) groups is 1. The average molecular weight is 387 g/mol. The number of rotatable bonds is 6. The van der Waals surface area contributed by atoms with Crippen molar-refractivity contribution in [2.45, 2.75) is 12.6 Å². The number of amides is 1. The fraction of sp³-hybridized carbons (Fsp3) is 0.105. The first kappa shape index (κ1) is 19.2. The maximum atomic E-state index is 13.4. The van der Waals surface area contributed by atoms with Gasteiger partial charge in [0.1, 0.15) is 11.4 Å². The number of nitrogens with one attached hydrogen (secondary N) is 1. The molecule has 0 saturated heterocycles. The van der Waals surface area contributed by atoms with Gasteiger partial charge < -0.3 is 5.73 Å². The third-order valence-corrected chi connectivity index (χ3v) is 3.78. The number of hydrogen-bond acceptors (Lipinski definition) is 4. The maximum absolute atomic E-state index is 13.4. The van der Waals surface area contributed by atoms with E-state index < -0.39 is 24.2 Å². The molecule has 1 amide bonds. The lowest BCUT2D eigenvalue weighted by atomic mass is 10.2. The van der Waals surface area contributed by atoms with Gasteiger partial charge in [0.05, 0.1) is 17.1 Å². The minimum atomic E-state index is -4.68. The third-order valence-electron chi connectivity index (χ3n) is 3.78. The van der Waals surface area contributed by atoms with Crippen LogP contribution in [0, 0.1) is 0 Å². The van der Waals surface area contributed by atoms with E-state index in [0.29, 0.717) is 11.4 Å². The first-order valence-electron chi connectivity index (χ1n) is 8.23. The van der Waals surface area contributed by atoms with E-state index in [2.05, 4.69) is 15.6 Å². The van der Waals surface area contributed by atoms with Crippen LogP contribution < -0.4 is 11.2 Å². The number of alkyl halides is 3. The van der Waals surface area contributed by atoms with Crippen molar-refractivity contribution in [2.24, 2.45) is 10.8 Å². The maximum Gasteiger partial charge on any atom is 0.431 e. The van der Waals surface area contributed by atoms with Gasteiger partial charge in [-0.1, -0.05) is 36.4 Å². The standard InChI is InChI=1S/C19H16F3N5O/c20-19(21,22)17(25-24-13-7-3-1-4-8-13)12-14-11-16(18(23)28)27(26-14)15-9-5-2-6-10-15/h1-11,24H,12H2,(H2,23,28)/b25-17-. The molecule has 0 unspecified atom stereocenters. The highest BCUT2D eigenvalue weighted by molar-refractivity contribution is 5.94. The zero-order valence-corrected chi connectivity index (χ0v) is 14.5. The van der Waals surface area contributed by atoms with Crippen molar-refractivity contribution in [3.05, 3.63) is 78.1 Å². The minimum absolute atomic E-state index is 0.0151. The smallest absolute Gasteiger partial charge is 0.364 e. The first-order valence-corrected chi connectivity index (χ1v) is 8.23. The predicted molar refractivity (Wildman–Crippen MR) is 99.3 cm³/mol. The fourth-order valence-corrected chi connectivity index (χ4v) is 2.48. The molecule has 0 bridgehead atoms. The number of para-hydroxylation sites is 2. The molecule has 0 atom stereocenters. The summed E-state index contributed by atoms with van der Waals surface area (Å²) in [6, 6.07) is 18.0. The molecule has 3 N–H and O–H groups in total. The van der Waals surface area contributed by atoms with Crippen LogP contribution in [0.25, 0.3) is 5.69 Å². The third kappa shape index (κ3) is 4.56. The van der Waals surface area contributed by atoms with Crippen molar-refractivity contribution in [1.82, 2.24) is 9.78 Å². The molecule has 0 aliphatic rings. The van der Waals surface area contributed by atoms with Crippen LogP contribution in [0.5, 0.6) is 0 Å². The molecule has 0 aliphatic heterocycles. The minimum Gasteiger partial charge on any atom is -0.364 e. The Balaban J connectivity index is 1.92. The van der Waals surface area contributed by atoms with Crippen LogP contribution in [0.2, 0.25) is 0 Å². The Morgan fingerprint density at radius 1 is 1.07 bits per heavy atom. The number of primary amides is 1. The highest BCUT2D eigenvalue weighted by Crippen LogP contribution is 2.22. The molecule has 2 aromatic carbocycles. The summed E-state index contributed by atoms with van der Waals surface area (Å²) in [6.45, 7) is 0. The summed E-state index contributed by atoms with van der Waals surface area (Å²) in [5, 5.41) is 7.61. The summed E-state index contributed by atoms with van der Waals surface area (Å²) >= 11 is 0. The number of carbonyl (C=O) groups excluding carboxylic acids is 1. The Bertz CT molecular complexity index is 982. The summed E-state index contributed by atoms with van der Waals surface area (Å²) in [5.41, 5.74) is 7.59. The monoisotopic (exact) mass is 387 g/mol. The average Bonchev–Trinajstić information content (AvgIpc) is 3.10. The van der Waals surface area contributed by atoms with Crippen LogP contribution >= 0.6 is 0 Å². The SMILES string of the molecule is NC(=O)c1cc(C/C(=N/Nc2ccccc2)C(F)(F)F)nn1-c1ccccc1. The van der Waals surface area contributed by atoms with Crippen LogP contribution in [-0.2, 0) is 6.42 Å². The van der Waals surface area contributed by atoms with Gasteiger partial charge in [-0.15, -0.1) is 0 Å². The lowest BCUT2D eigenvalue weighted by Crippen LogP contribution is -2.26. The van der Waals surface area contributed by atoms with E-state index >= 15 is 0 Å². The van der Waals surface area contributed by atoms with Crippen LogP contribution in [0.15, 0.2) is 71.8 Å². The van der Waals surface area contributed by atoms with E-state index in [1.165, 1.54) is 10.7 Å². The van der Waals surface area contributed by atoms with Gasteiger partial charge in [-0.05, 0) is 30.3 Å². The molecule has 1 aromatic heterocycles. The number of nitrogens with zero attached hydrogens (tertiary/aromatic N) is 3. The molecule has 9 heteroatoms. The van der Waals surface area contributed by atoms with E-state index in [-0.39, 0.29) is 11.4 Å². The molecule has 3 aromatic rings. The van der Waals surface area contributed by atoms with Gasteiger partial charge in [0.25, 0.3) is 5.91 Å². The number of halogens is 3. The number of benzene rings is 2. The van der Waals surface area contributed by atoms with Crippen LogP contribution in [0.1, 0.15) is 16.2 Å².